The Morgan fingerprint density at radius 2 is 1.67 bits per heavy atom. The van der Waals surface area contributed by atoms with E-state index in [1.54, 1.807) is 0 Å². The Morgan fingerprint density at radius 1 is 1.13 bits per heavy atom. The highest BCUT2D eigenvalue weighted by atomic mass is 16.3. The summed E-state index contributed by atoms with van der Waals surface area (Å²) >= 11 is 0. The molecule has 0 aliphatic carbocycles. The molecular formula is C13H27NO. The number of nitrogens with zero attached hydrogens (tertiary/aromatic N) is 1. The van der Waals surface area contributed by atoms with Gasteiger partial charge in [-0.1, -0.05) is 20.8 Å². The molecular weight excluding hydrogens is 186 g/mol. The number of aliphatic hydroxyl groups excluding tert-OH is 1. The van der Waals surface area contributed by atoms with Crippen LogP contribution < -0.4 is 0 Å². The Bertz CT molecular complexity index is 212. The van der Waals surface area contributed by atoms with Crippen molar-refractivity contribution >= 4 is 0 Å². The second kappa shape index (κ2) is 4.06. The van der Waals surface area contributed by atoms with Crippen molar-refractivity contribution in [3.05, 3.63) is 0 Å². The normalized spacial score (nSPS) is 29.8. The second-order valence-corrected chi connectivity index (χ2v) is 7.13. The summed E-state index contributed by atoms with van der Waals surface area (Å²) in [6.07, 6.45) is 1.98. The lowest BCUT2D eigenvalue weighted by Crippen LogP contribution is -2.46. The predicted octanol–water partition coefficient (Wildman–Crippen LogP) is 2.66. The largest absolute Gasteiger partial charge is 0.392 e. The van der Waals surface area contributed by atoms with E-state index in [2.05, 4.69) is 46.4 Å². The van der Waals surface area contributed by atoms with Crippen molar-refractivity contribution in [3.63, 3.8) is 0 Å². The molecule has 2 heteroatoms. The molecule has 0 radical (unpaired) electrons. The molecule has 1 aliphatic rings. The molecule has 1 saturated heterocycles. The second-order valence-electron chi connectivity index (χ2n) is 7.13. The maximum absolute atomic E-state index is 9.79. The van der Waals surface area contributed by atoms with E-state index in [1.165, 1.54) is 6.42 Å². The fraction of sp³-hybridized carbons (Fsp3) is 1.00. The Morgan fingerprint density at radius 3 is 2.07 bits per heavy atom. The van der Waals surface area contributed by atoms with Gasteiger partial charge in [0.15, 0.2) is 0 Å². The molecule has 0 saturated carbocycles. The summed E-state index contributed by atoms with van der Waals surface area (Å²) in [4.78, 5) is 2.46. The molecule has 2 atom stereocenters. The molecule has 0 spiro atoms. The van der Waals surface area contributed by atoms with Crippen LogP contribution in [0.3, 0.4) is 0 Å². The molecule has 0 unspecified atom stereocenters. The van der Waals surface area contributed by atoms with Crippen molar-refractivity contribution in [3.8, 4) is 0 Å². The molecule has 1 aliphatic heterocycles. The summed E-state index contributed by atoms with van der Waals surface area (Å²) in [6.45, 7) is 14.4. The molecule has 0 aromatic rings. The average Bonchev–Trinajstić information content (AvgIpc) is 2.25. The van der Waals surface area contributed by atoms with Crippen molar-refractivity contribution in [2.75, 3.05) is 6.54 Å². The van der Waals surface area contributed by atoms with E-state index in [1.807, 2.05) is 0 Å². The van der Waals surface area contributed by atoms with Crippen LogP contribution in [-0.4, -0.2) is 34.2 Å². The summed E-state index contributed by atoms with van der Waals surface area (Å²) in [5.74, 6) is 0. The van der Waals surface area contributed by atoms with Gasteiger partial charge in [-0.25, -0.2) is 0 Å². The summed E-state index contributed by atoms with van der Waals surface area (Å²) in [5.41, 5.74) is 0.519. The van der Waals surface area contributed by atoms with Gasteiger partial charge in [0.2, 0.25) is 0 Å². The van der Waals surface area contributed by atoms with Crippen LogP contribution in [0.25, 0.3) is 0 Å². The molecule has 0 amide bonds. The lowest BCUT2D eigenvalue weighted by Gasteiger charge is -2.39. The third-order valence-corrected chi connectivity index (χ3v) is 3.10. The summed E-state index contributed by atoms with van der Waals surface area (Å²) in [7, 11) is 0. The lowest BCUT2D eigenvalue weighted by molar-refractivity contribution is 0.0863. The van der Waals surface area contributed by atoms with Gasteiger partial charge in [0.25, 0.3) is 0 Å². The van der Waals surface area contributed by atoms with Crippen LogP contribution in [-0.2, 0) is 0 Å². The lowest BCUT2D eigenvalue weighted by atomic mass is 9.86. The van der Waals surface area contributed by atoms with Gasteiger partial charge in [-0.2, -0.15) is 0 Å². The topological polar surface area (TPSA) is 23.5 Å². The highest BCUT2D eigenvalue weighted by Crippen LogP contribution is 2.34. The minimum absolute atomic E-state index is 0.128. The van der Waals surface area contributed by atoms with Crippen LogP contribution in [0.15, 0.2) is 0 Å². The molecule has 0 aromatic heterocycles. The number of hydrogen-bond donors (Lipinski definition) is 1. The maximum Gasteiger partial charge on any atom is 0.0682 e. The van der Waals surface area contributed by atoms with Crippen LogP contribution in [0.5, 0.6) is 0 Å². The highest BCUT2D eigenvalue weighted by Gasteiger charge is 2.38. The van der Waals surface area contributed by atoms with E-state index in [0.29, 0.717) is 11.5 Å². The minimum atomic E-state index is -0.128. The SMILES string of the molecule is CC(C)(C)C[C@@H]1C[C@@H](O)CN1C(C)(C)C. The fourth-order valence-electron chi connectivity index (χ4n) is 2.61. The van der Waals surface area contributed by atoms with E-state index in [4.69, 9.17) is 0 Å². The minimum Gasteiger partial charge on any atom is -0.392 e. The van der Waals surface area contributed by atoms with Gasteiger partial charge < -0.3 is 5.11 Å². The Balaban J connectivity index is 2.70. The van der Waals surface area contributed by atoms with Crippen LogP contribution in [0.4, 0.5) is 0 Å². The van der Waals surface area contributed by atoms with Gasteiger partial charge in [0.05, 0.1) is 6.10 Å². The van der Waals surface area contributed by atoms with Crippen LogP contribution in [0, 0.1) is 5.41 Å². The van der Waals surface area contributed by atoms with Gasteiger partial charge in [-0.05, 0) is 39.0 Å². The zero-order valence-electron chi connectivity index (χ0n) is 11.2. The fourth-order valence-corrected chi connectivity index (χ4v) is 2.61. The summed E-state index contributed by atoms with van der Waals surface area (Å²) < 4.78 is 0. The molecule has 1 N–H and O–H groups in total. The molecule has 0 bridgehead atoms. The summed E-state index contributed by atoms with van der Waals surface area (Å²) in [6, 6.07) is 0.542. The number of β-amino-alcohol motifs (C(OH)–C–C–N with tert-alkyl or cyclic N) is 1. The van der Waals surface area contributed by atoms with Crippen molar-refractivity contribution in [1.82, 2.24) is 4.90 Å². The van der Waals surface area contributed by atoms with Crippen molar-refractivity contribution in [2.45, 2.75) is 72.1 Å². The van der Waals surface area contributed by atoms with E-state index in [9.17, 15) is 5.11 Å². The van der Waals surface area contributed by atoms with E-state index >= 15 is 0 Å². The smallest absolute Gasteiger partial charge is 0.0682 e. The first kappa shape index (κ1) is 13.0. The quantitative estimate of drug-likeness (QED) is 0.724. The monoisotopic (exact) mass is 213 g/mol. The zero-order valence-corrected chi connectivity index (χ0v) is 11.2. The van der Waals surface area contributed by atoms with Crippen molar-refractivity contribution in [2.24, 2.45) is 5.41 Å². The number of hydrogen-bond acceptors (Lipinski definition) is 2. The summed E-state index contributed by atoms with van der Waals surface area (Å²) in [5, 5.41) is 9.79. The van der Waals surface area contributed by atoms with Crippen LogP contribution in [0.2, 0.25) is 0 Å². The molecule has 1 heterocycles. The van der Waals surface area contributed by atoms with Crippen molar-refractivity contribution in [1.29, 1.82) is 0 Å². The Kier molecular flexibility index (Phi) is 3.52. The maximum atomic E-state index is 9.79. The Labute approximate surface area is 94.7 Å². The molecule has 2 nitrogen and oxygen atoms in total. The molecule has 15 heavy (non-hydrogen) atoms. The van der Waals surface area contributed by atoms with Crippen LogP contribution in [0.1, 0.15) is 54.4 Å². The first-order valence-corrected chi connectivity index (χ1v) is 6.04. The van der Waals surface area contributed by atoms with Gasteiger partial charge in [0.1, 0.15) is 0 Å². The Hall–Kier alpha value is -0.0800. The van der Waals surface area contributed by atoms with E-state index in [0.717, 1.165) is 13.0 Å². The van der Waals surface area contributed by atoms with Gasteiger partial charge in [0, 0.05) is 18.1 Å². The third kappa shape index (κ3) is 3.76. The highest BCUT2D eigenvalue weighted by molar-refractivity contribution is 4.93. The van der Waals surface area contributed by atoms with Gasteiger partial charge in [-0.3, -0.25) is 4.90 Å². The van der Waals surface area contributed by atoms with Crippen LogP contribution >= 0.6 is 0 Å². The first-order chi connectivity index (χ1) is 6.59. The van der Waals surface area contributed by atoms with Gasteiger partial charge in [-0.15, -0.1) is 0 Å². The van der Waals surface area contributed by atoms with Crippen molar-refractivity contribution < 1.29 is 5.11 Å². The number of likely N-dealkylation sites (tertiary alicyclic amines) is 1. The number of aliphatic hydroxyl groups is 1. The molecule has 0 aromatic carbocycles. The standard InChI is InChI=1S/C13H27NO/c1-12(2,3)8-10-7-11(15)9-14(10)13(4,5)6/h10-11,15H,7-9H2,1-6H3/t10-,11+/m0/s1. The third-order valence-electron chi connectivity index (χ3n) is 3.10. The number of rotatable bonds is 1. The molecule has 1 fully saturated rings. The van der Waals surface area contributed by atoms with E-state index < -0.39 is 0 Å². The zero-order chi connectivity index (χ0) is 11.9. The molecule has 1 rings (SSSR count). The molecule has 90 valence electrons. The predicted molar refractivity (Wildman–Crippen MR) is 64.9 cm³/mol. The first-order valence-electron chi connectivity index (χ1n) is 6.04. The van der Waals surface area contributed by atoms with Gasteiger partial charge >= 0.3 is 0 Å². The average molecular weight is 213 g/mol. The van der Waals surface area contributed by atoms with E-state index in [-0.39, 0.29) is 11.6 Å².